The third-order valence-corrected chi connectivity index (χ3v) is 5.73. The Labute approximate surface area is 176 Å². The summed E-state index contributed by atoms with van der Waals surface area (Å²) in [6.07, 6.45) is 0. The maximum Gasteiger partial charge on any atom is 0.249 e. The third-order valence-electron chi connectivity index (χ3n) is 3.45. The van der Waals surface area contributed by atoms with Gasteiger partial charge < -0.3 is 21.5 Å². The third kappa shape index (κ3) is 4.39. The summed E-state index contributed by atoms with van der Waals surface area (Å²) in [6.45, 7) is 1.39. The first-order valence-corrected chi connectivity index (χ1v) is 11.3. The average molecular weight is 657 g/mol. The predicted molar refractivity (Wildman–Crippen MR) is 118 cm³/mol. The summed E-state index contributed by atoms with van der Waals surface area (Å²) in [5, 5.41) is 9.30. The molecule has 9 heteroatoms. The SMILES string of the molecule is CC(=O)N(CCO)c1c(CI)c(N)c(CI)c(C(N)=O)c1CI. The lowest BCUT2D eigenvalue weighted by atomic mass is 9.93. The van der Waals surface area contributed by atoms with Crippen LogP contribution in [0.4, 0.5) is 11.4 Å². The number of rotatable bonds is 7. The van der Waals surface area contributed by atoms with Crippen molar-refractivity contribution < 1.29 is 14.7 Å². The number of amides is 2. The van der Waals surface area contributed by atoms with Crippen LogP contribution in [0.1, 0.15) is 34.0 Å². The number of anilines is 2. The molecule has 0 fully saturated rings. The fourth-order valence-corrected chi connectivity index (χ4v) is 4.79. The van der Waals surface area contributed by atoms with E-state index < -0.39 is 5.91 Å². The summed E-state index contributed by atoms with van der Waals surface area (Å²) >= 11 is 6.48. The van der Waals surface area contributed by atoms with Gasteiger partial charge in [-0.05, 0) is 11.1 Å². The van der Waals surface area contributed by atoms with E-state index in [2.05, 4.69) is 67.8 Å². The lowest BCUT2D eigenvalue weighted by Crippen LogP contribution is -2.34. The van der Waals surface area contributed by atoms with Crippen LogP contribution in [-0.4, -0.2) is 30.1 Å². The Morgan fingerprint density at radius 1 is 1.09 bits per heavy atom. The zero-order chi connectivity index (χ0) is 17.7. The predicted octanol–water partition coefficient (Wildman–Crippen LogP) is 2.52. The molecule has 6 nitrogen and oxygen atoms in total. The first kappa shape index (κ1) is 21.2. The largest absolute Gasteiger partial charge is 0.398 e. The minimum atomic E-state index is -0.552. The minimum Gasteiger partial charge on any atom is -0.398 e. The van der Waals surface area contributed by atoms with Crippen LogP contribution in [0.3, 0.4) is 0 Å². The highest BCUT2D eigenvalue weighted by molar-refractivity contribution is 14.1. The van der Waals surface area contributed by atoms with E-state index in [-0.39, 0.29) is 19.1 Å². The van der Waals surface area contributed by atoms with Crippen LogP contribution >= 0.6 is 67.8 Å². The van der Waals surface area contributed by atoms with Gasteiger partial charge in [0.25, 0.3) is 0 Å². The molecule has 23 heavy (non-hydrogen) atoms. The maximum absolute atomic E-state index is 12.1. The van der Waals surface area contributed by atoms with Crippen LogP contribution in [0, 0.1) is 0 Å². The molecule has 0 spiro atoms. The summed E-state index contributed by atoms with van der Waals surface area (Å²) in [7, 11) is 0. The van der Waals surface area contributed by atoms with Crippen molar-refractivity contribution in [3.8, 4) is 0 Å². The Bertz CT molecular complexity index is 623. The number of carbonyl (C=O) groups is 2. The summed E-state index contributed by atoms with van der Waals surface area (Å²) in [4.78, 5) is 25.6. The van der Waals surface area contributed by atoms with Crippen molar-refractivity contribution >= 4 is 91.0 Å². The van der Waals surface area contributed by atoms with Crippen molar-refractivity contribution in [3.05, 3.63) is 22.3 Å². The number of aliphatic hydroxyl groups excluding tert-OH is 1. The second kappa shape index (κ2) is 9.56. The molecular weight excluding hydrogens is 639 g/mol. The average Bonchev–Trinajstić information content (AvgIpc) is 2.50. The zero-order valence-corrected chi connectivity index (χ0v) is 19.0. The quantitative estimate of drug-likeness (QED) is 0.238. The number of primary amides is 1. The molecule has 0 saturated heterocycles. The number of aliphatic hydroxyl groups is 1. The molecule has 128 valence electrons. The first-order valence-electron chi connectivity index (χ1n) is 6.68. The molecule has 0 radical (unpaired) electrons. The second-order valence-corrected chi connectivity index (χ2v) is 7.02. The van der Waals surface area contributed by atoms with Gasteiger partial charge in [-0.2, -0.15) is 0 Å². The number of alkyl halides is 3. The number of benzene rings is 1. The van der Waals surface area contributed by atoms with E-state index in [4.69, 9.17) is 11.5 Å². The molecule has 0 unspecified atom stereocenters. The van der Waals surface area contributed by atoms with Crippen LogP contribution in [0.5, 0.6) is 0 Å². The Morgan fingerprint density at radius 3 is 1.96 bits per heavy atom. The van der Waals surface area contributed by atoms with Gasteiger partial charge in [0.05, 0.1) is 17.9 Å². The maximum atomic E-state index is 12.1. The summed E-state index contributed by atoms with van der Waals surface area (Å²) in [6, 6.07) is 0. The summed E-state index contributed by atoms with van der Waals surface area (Å²) in [5.74, 6) is -0.767. The molecule has 0 atom stereocenters. The molecule has 0 aliphatic carbocycles. The van der Waals surface area contributed by atoms with Crippen molar-refractivity contribution in [1.82, 2.24) is 0 Å². The van der Waals surface area contributed by atoms with E-state index >= 15 is 0 Å². The molecular formula is C14H18I3N3O3. The number of nitrogen functional groups attached to an aromatic ring is 1. The lowest BCUT2D eigenvalue weighted by Gasteiger charge is -2.29. The fraction of sp³-hybridized carbons (Fsp3) is 0.429. The molecule has 5 N–H and O–H groups in total. The van der Waals surface area contributed by atoms with Crippen LogP contribution in [0.25, 0.3) is 0 Å². The second-order valence-electron chi connectivity index (χ2n) is 4.73. The molecule has 2 amide bonds. The molecule has 1 aromatic rings. The number of nitrogens with two attached hydrogens (primary N) is 2. The van der Waals surface area contributed by atoms with Crippen molar-refractivity contribution in [1.29, 1.82) is 0 Å². The van der Waals surface area contributed by atoms with Crippen molar-refractivity contribution in [3.63, 3.8) is 0 Å². The van der Waals surface area contributed by atoms with Crippen molar-refractivity contribution in [2.24, 2.45) is 5.73 Å². The highest BCUT2D eigenvalue weighted by Gasteiger charge is 2.28. The molecule has 1 rings (SSSR count). The number of hydrogen-bond donors (Lipinski definition) is 3. The Hall–Kier alpha value is 0.110. The number of nitrogens with zero attached hydrogens (tertiary/aromatic N) is 1. The van der Waals surface area contributed by atoms with Gasteiger partial charge >= 0.3 is 0 Å². The van der Waals surface area contributed by atoms with E-state index in [1.165, 1.54) is 11.8 Å². The number of halogens is 3. The Kier molecular flexibility index (Phi) is 8.79. The number of carbonyl (C=O) groups excluding carboxylic acids is 2. The summed E-state index contributed by atoms with van der Waals surface area (Å²) in [5.41, 5.74) is 15.6. The molecule has 0 aromatic heterocycles. The van der Waals surface area contributed by atoms with Gasteiger partial charge in [-0.1, -0.05) is 67.8 Å². The topological polar surface area (TPSA) is 110 Å². The number of hydrogen-bond acceptors (Lipinski definition) is 4. The standard InChI is InChI=1S/C14H18I3N3O3/c1-7(22)20(2-3-21)13-9(5-16)11(14(19)23)8(4-15)12(18)10(13)6-17/h21H,2-6,18H2,1H3,(H2,19,23). The molecule has 0 saturated carbocycles. The van der Waals surface area contributed by atoms with Crippen molar-refractivity contribution in [2.75, 3.05) is 23.8 Å². The van der Waals surface area contributed by atoms with Crippen LogP contribution < -0.4 is 16.4 Å². The van der Waals surface area contributed by atoms with E-state index in [1.807, 2.05) is 0 Å². The van der Waals surface area contributed by atoms with E-state index in [0.717, 1.165) is 5.56 Å². The first-order chi connectivity index (χ1) is 10.8. The highest BCUT2D eigenvalue weighted by atomic mass is 127. The Morgan fingerprint density at radius 2 is 1.61 bits per heavy atom. The van der Waals surface area contributed by atoms with E-state index in [0.29, 0.717) is 41.3 Å². The van der Waals surface area contributed by atoms with Gasteiger partial charge in [0, 0.05) is 38.0 Å². The van der Waals surface area contributed by atoms with E-state index in [9.17, 15) is 14.7 Å². The van der Waals surface area contributed by atoms with Gasteiger partial charge in [-0.25, -0.2) is 0 Å². The van der Waals surface area contributed by atoms with Gasteiger partial charge in [-0.15, -0.1) is 0 Å². The van der Waals surface area contributed by atoms with Crippen LogP contribution in [0.15, 0.2) is 0 Å². The molecule has 1 aromatic carbocycles. The van der Waals surface area contributed by atoms with Gasteiger partial charge in [-0.3, -0.25) is 9.59 Å². The lowest BCUT2D eigenvalue weighted by molar-refractivity contribution is -0.116. The van der Waals surface area contributed by atoms with Crippen LogP contribution in [0.2, 0.25) is 0 Å². The molecule has 0 aliphatic heterocycles. The summed E-state index contributed by atoms with van der Waals surface area (Å²) < 4.78 is 1.64. The minimum absolute atomic E-state index is 0.143. The fourth-order valence-electron chi connectivity index (χ4n) is 2.48. The van der Waals surface area contributed by atoms with E-state index in [1.54, 1.807) is 0 Å². The highest BCUT2D eigenvalue weighted by Crippen LogP contribution is 2.40. The van der Waals surface area contributed by atoms with Crippen LogP contribution in [-0.2, 0) is 18.1 Å². The van der Waals surface area contributed by atoms with Crippen molar-refractivity contribution in [2.45, 2.75) is 20.2 Å². The Balaban J connectivity index is 3.92. The van der Waals surface area contributed by atoms with Gasteiger partial charge in [0.1, 0.15) is 0 Å². The molecule has 0 heterocycles. The molecule has 0 aliphatic rings. The zero-order valence-electron chi connectivity index (χ0n) is 12.5. The normalized spacial score (nSPS) is 10.7. The van der Waals surface area contributed by atoms with Gasteiger partial charge in [0.15, 0.2) is 0 Å². The monoisotopic (exact) mass is 657 g/mol. The van der Waals surface area contributed by atoms with Gasteiger partial charge in [0.2, 0.25) is 11.8 Å². The smallest absolute Gasteiger partial charge is 0.249 e. The molecule has 0 bridgehead atoms.